The van der Waals surface area contributed by atoms with Gasteiger partial charge >= 0.3 is 6.03 Å². The zero-order valence-electron chi connectivity index (χ0n) is 13.6. The summed E-state index contributed by atoms with van der Waals surface area (Å²) in [5, 5.41) is 18.3. The molecule has 8 heteroatoms. The Morgan fingerprint density at radius 3 is 2.69 bits per heavy atom. The molecular formula is C18H15ClIN3O3. The van der Waals surface area contributed by atoms with Crippen LogP contribution in [-0.4, -0.2) is 17.0 Å². The van der Waals surface area contributed by atoms with E-state index in [0.29, 0.717) is 31.1 Å². The van der Waals surface area contributed by atoms with E-state index in [0.717, 1.165) is 0 Å². The number of halogens is 2. The fourth-order valence-corrected chi connectivity index (χ4v) is 3.42. The quantitative estimate of drug-likeness (QED) is 0.499. The molecule has 4 N–H and O–H groups in total. The van der Waals surface area contributed by atoms with Crippen molar-refractivity contribution >= 4 is 51.8 Å². The van der Waals surface area contributed by atoms with Crippen molar-refractivity contribution in [2.75, 3.05) is 5.32 Å². The maximum atomic E-state index is 12.9. The molecule has 3 amide bonds. The number of nitrogens with one attached hydrogen (secondary N) is 3. The number of hydrogen-bond acceptors (Lipinski definition) is 3. The number of phenolic OH excluding ortho intramolecular Hbond substituents is 1. The minimum Gasteiger partial charge on any atom is -0.507 e. The van der Waals surface area contributed by atoms with Gasteiger partial charge in [-0.2, -0.15) is 0 Å². The van der Waals surface area contributed by atoms with Crippen molar-refractivity contribution in [3.8, 4) is 5.75 Å². The number of rotatable bonds is 3. The Morgan fingerprint density at radius 2 is 2.00 bits per heavy atom. The van der Waals surface area contributed by atoms with Gasteiger partial charge in [-0.25, -0.2) is 4.79 Å². The van der Waals surface area contributed by atoms with E-state index >= 15 is 0 Å². The molecule has 6 nitrogen and oxygen atoms in total. The summed E-state index contributed by atoms with van der Waals surface area (Å²) < 4.78 is 0.622. The van der Waals surface area contributed by atoms with E-state index in [1.807, 2.05) is 22.6 Å². The van der Waals surface area contributed by atoms with E-state index in [1.165, 1.54) is 6.07 Å². The standard InChI is InChI=1S/C18H15ClIN3O3/c1-9-15(17(25)22-13-5-3-2-4-11(13)19)16(23-18(26)21-9)10-6-7-14(24)12(20)8-10/h2-8,16,24H,1H3,(H,22,25)(H2,21,23,26)/t16-/m1/s1. The number of hydrogen-bond donors (Lipinski definition) is 4. The third-order valence-corrected chi connectivity index (χ3v) is 5.13. The van der Waals surface area contributed by atoms with Gasteiger partial charge in [0.2, 0.25) is 0 Å². The first kappa shape index (κ1) is 18.5. The molecule has 1 aliphatic heterocycles. The zero-order valence-corrected chi connectivity index (χ0v) is 16.6. The number of carbonyl (C=O) groups is 2. The van der Waals surface area contributed by atoms with Crippen molar-refractivity contribution in [2.24, 2.45) is 0 Å². The zero-order chi connectivity index (χ0) is 18.8. The van der Waals surface area contributed by atoms with Crippen molar-refractivity contribution in [1.29, 1.82) is 0 Å². The third-order valence-electron chi connectivity index (χ3n) is 3.94. The molecule has 0 unspecified atom stereocenters. The predicted octanol–water partition coefficient (Wildman–Crippen LogP) is 3.92. The van der Waals surface area contributed by atoms with Crippen molar-refractivity contribution in [1.82, 2.24) is 10.6 Å². The van der Waals surface area contributed by atoms with Crippen LogP contribution in [0.4, 0.5) is 10.5 Å². The number of carbonyl (C=O) groups excluding carboxylic acids is 2. The second kappa shape index (κ2) is 7.55. The lowest BCUT2D eigenvalue weighted by atomic mass is 9.94. The van der Waals surface area contributed by atoms with E-state index in [2.05, 4.69) is 16.0 Å². The maximum Gasteiger partial charge on any atom is 0.319 e. The van der Waals surface area contributed by atoms with E-state index in [9.17, 15) is 14.7 Å². The van der Waals surface area contributed by atoms with Gasteiger partial charge in [0.05, 0.1) is 25.9 Å². The number of aromatic hydroxyl groups is 1. The van der Waals surface area contributed by atoms with Gasteiger partial charge < -0.3 is 21.1 Å². The number of benzene rings is 2. The molecule has 0 saturated heterocycles. The Kier molecular flexibility index (Phi) is 5.38. The van der Waals surface area contributed by atoms with Crippen LogP contribution < -0.4 is 16.0 Å². The molecule has 0 saturated carbocycles. The van der Waals surface area contributed by atoms with Crippen molar-refractivity contribution in [3.63, 3.8) is 0 Å². The van der Waals surface area contributed by atoms with Gasteiger partial charge in [-0.05, 0) is 59.3 Å². The van der Waals surface area contributed by atoms with Crippen LogP contribution in [0.1, 0.15) is 18.5 Å². The first-order valence-corrected chi connectivity index (χ1v) is 9.15. The summed E-state index contributed by atoms with van der Waals surface area (Å²) in [7, 11) is 0. The van der Waals surface area contributed by atoms with Crippen LogP contribution in [0.3, 0.4) is 0 Å². The number of phenols is 1. The highest BCUT2D eigenvalue weighted by molar-refractivity contribution is 14.1. The van der Waals surface area contributed by atoms with E-state index in [4.69, 9.17) is 11.6 Å². The maximum absolute atomic E-state index is 12.9. The van der Waals surface area contributed by atoms with Crippen LogP contribution in [0.15, 0.2) is 53.7 Å². The second-order valence-corrected chi connectivity index (χ2v) is 7.28. The Morgan fingerprint density at radius 1 is 1.27 bits per heavy atom. The smallest absolute Gasteiger partial charge is 0.319 e. The van der Waals surface area contributed by atoms with E-state index in [1.54, 1.807) is 43.3 Å². The first-order chi connectivity index (χ1) is 12.4. The number of para-hydroxylation sites is 1. The van der Waals surface area contributed by atoms with Crippen LogP contribution in [0.2, 0.25) is 5.02 Å². The highest BCUT2D eigenvalue weighted by atomic mass is 127. The Bertz CT molecular complexity index is 930. The van der Waals surface area contributed by atoms with Crippen molar-refractivity contribution < 1.29 is 14.7 Å². The van der Waals surface area contributed by atoms with Crippen molar-refractivity contribution in [2.45, 2.75) is 13.0 Å². The highest BCUT2D eigenvalue weighted by Gasteiger charge is 2.31. The SMILES string of the molecule is CC1=C(C(=O)Nc2ccccc2Cl)[C@@H](c2ccc(O)c(I)c2)NC(=O)N1. The van der Waals surface area contributed by atoms with Gasteiger partial charge in [-0.3, -0.25) is 4.79 Å². The average Bonchev–Trinajstić information content (AvgIpc) is 2.58. The van der Waals surface area contributed by atoms with E-state index in [-0.39, 0.29) is 11.7 Å². The minimum absolute atomic E-state index is 0.136. The number of amides is 3. The molecule has 0 aromatic heterocycles. The molecule has 26 heavy (non-hydrogen) atoms. The normalized spacial score (nSPS) is 16.7. The molecule has 0 aliphatic carbocycles. The number of urea groups is 1. The molecule has 2 aromatic carbocycles. The van der Waals surface area contributed by atoms with Crippen LogP contribution in [-0.2, 0) is 4.79 Å². The Hall–Kier alpha value is -2.26. The molecule has 134 valence electrons. The summed E-state index contributed by atoms with van der Waals surface area (Å²) in [5.74, 6) is -0.242. The monoisotopic (exact) mass is 483 g/mol. The fourth-order valence-electron chi connectivity index (χ4n) is 2.70. The van der Waals surface area contributed by atoms with Gasteiger partial charge in [0.1, 0.15) is 5.75 Å². The minimum atomic E-state index is -0.652. The first-order valence-electron chi connectivity index (χ1n) is 7.69. The summed E-state index contributed by atoms with van der Waals surface area (Å²) >= 11 is 8.11. The molecule has 1 aliphatic rings. The topological polar surface area (TPSA) is 90.5 Å². The fraction of sp³-hybridized carbons (Fsp3) is 0.111. The van der Waals surface area contributed by atoms with Gasteiger partial charge in [-0.1, -0.05) is 29.8 Å². The molecule has 0 radical (unpaired) electrons. The number of allylic oxidation sites excluding steroid dienone is 1. The largest absolute Gasteiger partial charge is 0.507 e. The molecule has 2 aromatic rings. The molecule has 3 rings (SSSR count). The van der Waals surface area contributed by atoms with Crippen LogP contribution in [0.5, 0.6) is 5.75 Å². The van der Waals surface area contributed by atoms with Crippen molar-refractivity contribution in [3.05, 3.63) is 67.9 Å². The summed E-state index contributed by atoms with van der Waals surface area (Å²) in [6, 6.07) is 10.8. The molecule has 0 bridgehead atoms. The van der Waals surface area contributed by atoms with Crippen LogP contribution >= 0.6 is 34.2 Å². The molecule has 1 atom stereocenters. The van der Waals surface area contributed by atoms with Gasteiger partial charge in [0, 0.05) is 5.70 Å². The predicted molar refractivity (Wildman–Crippen MR) is 108 cm³/mol. The number of anilines is 1. The Balaban J connectivity index is 1.99. The molecule has 0 fully saturated rings. The Labute approximate surface area is 168 Å². The summed E-state index contributed by atoms with van der Waals surface area (Å²) in [6.45, 7) is 1.67. The summed E-state index contributed by atoms with van der Waals surface area (Å²) in [5.41, 5.74) is 1.98. The lowest BCUT2D eigenvalue weighted by molar-refractivity contribution is -0.113. The third kappa shape index (κ3) is 3.78. The lowest BCUT2D eigenvalue weighted by Gasteiger charge is -2.29. The highest BCUT2D eigenvalue weighted by Crippen LogP contribution is 2.31. The summed E-state index contributed by atoms with van der Waals surface area (Å²) in [6.07, 6.45) is 0. The van der Waals surface area contributed by atoms with Gasteiger partial charge in [0.25, 0.3) is 5.91 Å². The lowest BCUT2D eigenvalue weighted by Crippen LogP contribution is -2.46. The van der Waals surface area contributed by atoms with E-state index < -0.39 is 12.1 Å². The average molecular weight is 484 g/mol. The molecular weight excluding hydrogens is 469 g/mol. The molecule has 1 heterocycles. The van der Waals surface area contributed by atoms with Crippen LogP contribution in [0, 0.1) is 3.57 Å². The molecule has 0 spiro atoms. The van der Waals surface area contributed by atoms with Crippen LogP contribution in [0.25, 0.3) is 0 Å². The second-order valence-electron chi connectivity index (χ2n) is 5.71. The van der Waals surface area contributed by atoms with Gasteiger partial charge in [0.15, 0.2) is 0 Å². The summed E-state index contributed by atoms with van der Waals surface area (Å²) in [4.78, 5) is 24.8. The van der Waals surface area contributed by atoms with Gasteiger partial charge in [-0.15, -0.1) is 0 Å².